The number of hydrogen-bond acceptors (Lipinski definition) is 3. The molecular weight excluding hydrogens is 362 g/mol. The van der Waals surface area contributed by atoms with Crippen LogP contribution in [-0.2, 0) is 16.4 Å². The highest BCUT2D eigenvalue weighted by molar-refractivity contribution is 7.89. The lowest BCUT2D eigenvalue weighted by Gasteiger charge is -2.10. The van der Waals surface area contributed by atoms with E-state index in [0.29, 0.717) is 18.5 Å². The molecule has 27 heavy (non-hydrogen) atoms. The Labute approximate surface area is 159 Å². The summed E-state index contributed by atoms with van der Waals surface area (Å²) >= 11 is 0. The standard InChI is InChI=1S/C20H23N3O3S/c1-14(2)23-20(24)15-7-9-17(10-8-15)27(25,26)22-12-11-16-13-21-19-6-4-3-5-18(16)19/h3-10,13-14,21-22H,11-12H2,1-2H3,(H,23,24). The molecule has 0 aliphatic rings. The van der Waals surface area contributed by atoms with Gasteiger partial charge in [-0.25, -0.2) is 13.1 Å². The molecule has 1 amide bonds. The average Bonchev–Trinajstić information content (AvgIpc) is 3.04. The molecule has 0 spiro atoms. The van der Waals surface area contributed by atoms with E-state index in [9.17, 15) is 13.2 Å². The van der Waals surface area contributed by atoms with Crippen molar-refractivity contribution in [2.24, 2.45) is 0 Å². The fourth-order valence-corrected chi connectivity index (χ4v) is 3.90. The van der Waals surface area contributed by atoms with Gasteiger partial charge in [-0.3, -0.25) is 4.79 Å². The maximum atomic E-state index is 12.5. The number of rotatable bonds is 7. The zero-order valence-electron chi connectivity index (χ0n) is 15.3. The van der Waals surface area contributed by atoms with Crippen LogP contribution in [0, 0.1) is 0 Å². The smallest absolute Gasteiger partial charge is 0.251 e. The number of nitrogens with one attached hydrogen (secondary N) is 3. The van der Waals surface area contributed by atoms with Crippen molar-refractivity contribution in [2.75, 3.05) is 6.54 Å². The SMILES string of the molecule is CC(C)NC(=O)c1ccc(S(=O)(=O)NCCc2c[nH]c3ccccc23)cc1. The molecule has 6 nitrogen and oxygen atoms in total. The topological polar surface area (TPSA) is 91.1 Å². The third-order valence-electron chi connectivity index (χ3n) is 4.21. The third-order valence-corrected chi connectivity index (χ3v) is 5.68. The number of benzene rings is 2. The summed E-state index contributed by atoms with van der Waals surface area (Å²) in [5, 5.41) is 3.87. The van der Waals surface area contributed by atoms with Crippen LogP contribution in [0.3, 0.4) is 0 Å². The van der Waals surface area contributed by atoms with E-state index in [4.69, 9.17) is 0 Å². The van der Waals surface area contributed by atoms with E-state index in [1.165, 1.54) is 24.3 Å². The highest BCUT2D eigenvalue weighted by Crippen LogP contribution is 2.18. The molecule has 3 aromatic rings. The lowest BCUT2D eigenvalue weighted by molar-refractivity contribution is 0.0943. The van der Waals surface area contributed by atoms with Gasteiger partial charge in [-0.2, -0.15) is 0 Å². The largest absolute Gasteiger partial charge is 0.361 e. The van der Waals surface area contributed by atoms with Gasteiger partial charge >= 0.3 is 0 Å². The van der Waals surface area contributed by atoms with Crippen molar-refractivity contribution in [2.45, 2.75) is 31.2 Å². The fourth-order valence-electron chi connectivity index (χ4n) is 2.87. The summed E-state index contributed by atoms with van der Waals surface area (Å²) < 4.78 is 27.5. The van der Waals surface area contributed by atoms with Crippen molar-refractivity contribution in [3.05, 3.63) is 65.9 Å². The quantitative estimate of drug-likeness (QED) is 0.584. The van der Waals surface area contributed by atoms with Crippen LogP contribution >= 0.6 is 0 Å². The molecule has 0 bridgehead atoms. The van der Waals surface area contributed by atoms with Gasteiger partial charge in [0.25, 0.3) is 5.91 Å². The summed E-state index contributed by atoms with van der Waals surface area (Å²) in [5.74, 6) is -0.221. The summed E-state index contributed by atoms with van der Waals surface area (Å²) in [4.78, 5) is 15.3. The van der Waals surface area contributed by atoms with Crippen LogP contribution in [-0.4, -0.2) is 31.9 Å². The van der Waals surface area contributed by atoms with Crippen LogP contribution in [0.2, 0.25) is 0 Å². The molecule has 0 aliphatic carbocycles. The van der Waals surface area contributed by atoms with Gasteiger partial charge in [0.05, 0.1) is 4.90 Å². The number of sulfonamides is 1. The van der Waals surface area contributed by atoms with E-state index >= 15 is 0 Å². The molecule has 7 heteroatoms. The minimum atomic E-state index is -3.62. The van der Waals surface area contributed by atoms with Gasteiger partial charge < -0.3 is 10.3 Å². The lowest BCUT2D eigenvalue weighted by Crippen LogP contribution is -2.30. The molecule has 0 aliphatic heterocycles. The Hall–Kier alpha value is -2.64. The second-order valence-electron chi connectivity index (χ2n) is 6.66. The number of aromatic amines is 1. The van der Waals surface area contributed by atoms with Crippen molar-refractivity contribution in [1.82, 2.24) is 15.0 Å². The number of fused-ring (bicyclic) bond motifs is 1. The van der Waals surface area contributed by atoms with Crippen LogP contribution in [0.5, 0.6) is 0 Å². The van der Waals surface area contributed by atoms with E-state index in [0.717, 1.165) is 16.5 Å². The Bertz CT molecular complexity index is 1040. The van der Waals surface area contributed by atoms with Crippen LogP contribution in [0.25, 0.3) is 10.9 Å². The number of H-pyrrole nitrogens is 1. The Morgan fingerprint density at radius 1 is 1.07 bits per heavy atom. The van der Waals surface area contributed by atoms with Crippen molar-refractivity contribution in [3.8, 4) is 0 Å². The van der Waals surface area contributed by atoms with Gasteiger partial charge in [-0.1, -0.05) is 18.2 Å². The molecule has 0 unspecified atom stereocenters. The molecule has 3 N–H and O–H groups in total. The summed E-state index contributed by atoms with van der Waals surface area (Å²) in [6.07, 6.45) is 2.49. The molecule has 1 heterocycles. The van der Waals surface area contributed by atoms with E-state index in [1.54, 1.807) is 0 Å². The van der Waals surface area contributed by atoms with Gasteiger partial charge in [0.1, 0.15) is 0 Å². The predicted octanol–water partition coefficient (Wildman–Crippen LogP) is 2.83. The number of hydrogen-bond donors (Lipinski definition) is 3. The van der Waals surface area contributed by atoms with Crippen LogP contribution in [0.4, 0.5) is 0 Å². The van der Waals surface area contributed by atoms with Gasteiger partial charge in [0, 0.05) is 35.2 Å². The average molecular weight is 385 g/mol. The molecule has 2 aromatic carbocycles. The molecule has 0 radical (unpaired) electrons. The van der Waals surface area contributed by atoms with E-state index in [-0.39, 0.29) is 16.8 Å². The number of aromatic nitrogens is 1. The zero-order chi connectivity index (χ0) is 19.4. The molecule has 0 saturated carbocycles. The Morgan fingerprint density at radius 2 is 1.78 bits per heavy atom. The summed E-state index contributed by atoms with van der Waals surface area (Å²) in [5.41, 5.74) is 2.53. The van der Waals surface area contributed by atoms with E-state index in [2.05, 4.69) is 15.0 Å². The maximum absolute atomic E-state index is 12.5. The lowest BCUT2D eigenvalue weighted by atomic mass is 10.1. The highest BCUT2D eigenvalue weighted by atomic mass is 32.2. The summed E-state index contributed by atoms with van der Waals surface area (Å²) in [6.45, 7) is 4.03. The Balaban J connectivity index is 1.63. The van der Waals surface area contributed by atoms with Gasteiger partial charge in [-0.15, -0.1) is 0 Å². The van der Waals surface area contributed by atoms with Crippen molar-refractivity contribution < 1.29 is 13.2 Å². The normalized spacial score (nSPS) is 11.8. The summed E-state index contributed by atoms with van der Waals surface area (Å²) in [7, 11) is -3.62. The molecule has 3 rings (SSSR count). The molecule has 0 saturated heterocycles. The molecular formula is C20H23N3O3S. The monoisotopic (exact) mass is 385 g/mol. The first-order valence-corrected chi connectivity index (χ1v) is 10.3. The minimum absolute atomic E-state index is 0.0205. The number of carbonyl (C=O) groups is 1. The molecule has 1 aromatic heterocycles. The minimum Gasteiger partial charge on any atom is -0.361 e. The Kier molecular flexibility index (Phi) is 5.62. The zero-order valence-corrected chi connectivity index (χ0v) is 16.1. The van der Waals surface area contributed by atoms with Crippen molar-refractivity contribution in [3.63, 3.8) is 0 Å². The first-order chi connectivity index (χ1) is 12.9. The molecule has 0 atom stereocenters. The first-order valence-electron chi connectivity index (χ1n) is 8.82. The third kappa shape index (κ3) is 4.56. The second kappa shape index (κ2) is 7.94. The van der Waals surface area contributed by atoms with Gasteiger partial charge in [0.15, 0.2) is 0 Å². The summed E-state index contributed by atoms with van der Waals surface area (Å²) in [6, 6.07) is 13.9. The second-order valence-corrected chi connectivity index (χ2v) is 8.43. The van der Waals surface area contributed by atoms with E-state index < -0.39 is 10.0 Å². The van der Waals surface area contributed by atoms with Gasteiger partial charge in [-0.05, 0) is 56.2 Å². The predicted molar refractivity (Wildman–Crippen MR) is 106 cm³/mol. The highest BCUT2D eigenvalue weighted by Gasteiger charge is 2.15. The van der Waals surface area contributed by atoms with Crippen molar-refractivity contribution >= 4 is 26.8 Å². The van der Waals surface area contributed by atoms with Crippen molar-refractivity contribution in [1.29, 1.82) is 0 Å². The Morgan fingerprint density at radius 3 is 2.48 bits per heavy atom. The number of para-hydroxylation sites is 1. The molecule has 0 fully saturated rings. The first kappa shape index (κ1) is 19.1. The number of amides is 1. The number of carbonyl (C=O) groups excluding carboxylic acids is 1. The van der Waals surface area contributed by atoms with Gasteiger partial charge in [0.2, 0.25) is 10.0 Å². The van der Waals surface area contributed by atoms with Crippen LogP contribution in [0.15, 0.2) is 59.6 Å². The van der Waals surface area contributed by atoms with Crippen LogP contribution in [0.1, 0.15) is 29.8 Å². The van der Waals surface area contributed by atoms with E-state index in [1.807, 2.05) is 44.3 Å². The van der Waals surface area contributed by atoms with Crippen LogP contribution < -0.4 is 10.0 Å². The molecule has 142 valence electrons. The fraction of sp³-hybridized carbons (Fsp3) is 0.250. The maximum Gasteiger partial charge on any atom is 0.251 e.